The van der Waals surface area contributed by atoms with Gasteiger partial charge in [-0.2, -0.15) is 0 Å². The monoisotopic (exact) mass is 91.0 g/mol. The Morgan fingerprint density at radius 2 is 2.33 bits per heavy atom. The highest BCUT2D eigenvalue weighted by atomic mass is 17.5. The predicted molar refractivity (Wildman–Crippen MR) is 12.9 cm³/mol. The van der Waals surface area contributed by atoms with Gasteiger partial charge in [-0.3, -0.25) is 0 Å². The van der Waals surface area contributed by atoms with E-state index in [4.69, 9.17) is 5.26 Å². The minimum atomic E-state index is -0.745. The summed E-state index contributed by atoms with van der Waals surface area (Å²) in [5, 5.41) is 11.5. The van der Waals surface area contributed by atoms with Gasteiger partial charge in [0.2, 0.25) is 0 Å². The van der Waals surface area contributed by atoms with Crippen molar-refractivity contribution in [3.8, 4) is 0 Å². The molecule has 0 amide bonds. The fourth-order valence-electron chi connectivity index (χ4n) is 0.0479. The lowest BCUT2D eigenvalue weighted by molar-refractivity contribution is -0.786. The van der Waals surface area contributed by atoms with E-state index in [1.165, 1.54) is 0 Å². The summed E-state index contributed by atoms with van der Waals surface area (Å²) in [4.78, 5) is 12.8. The second-order valence-electron chi connectivity index (χ2n) is 0.643. The molecule has 0 atom stereocenters. The minimum Gasteiger partial charge on any atom is -0.681 e. The maximum Gasteiger partial charge on any atom is 0.338 e. The molecule has 4 nitrogen and oxygen atoms in total. The molecule has 4 heteroatoms. The van der Waals surface area contributed by atoms with Crippen LogP contribution in [0.1, 0.15) is 6.92 Å². The first-order valence-corrected chi connectivity index (χ1v) is 1.24. The van der Waals surface area contributed by atoms with E-state index in [0.29, 0.717) is 0 Å². The Morgan fingerprint density at radius 1 is 1.83 bits per heavy atom. The maximum absolute atomic E-state index is 9.50. The normalized spacial score (nSPS) is 7.67. The van der Waals surface area contributed by atoms with Crippen LogP contribution in [0.5, 0.6) is 0 Å². The van der Waals surface area contributed by atoms with Gasteiger partial charge in [-0.25, -0.2) is 9.83 Å². The van der Waals surface area contributed by atoms with E-state index in [-0.39, 0.29) is 0 Å². The lowest BCUT2D eigenvalue weighted by Crippen LogP contribution is -2.08. The molecule has 0 aromatic heterocycles. The Kier molecular flexibility index (Phi) is 2.35. The molecular weight excluding hydrogens is 88.0 g/mol. The fraction of sp³-hybridized carbons (Fsp3) is 0.500. The van der Waals surface area contributed by atoms with Gasteiger partial charge in [0, 0.05) is 6.92 Å². The van der Waals surface area contributed by atoms with Gasteiger partial charge in [-0.05, 0) is 0 Å². The highest BCUT2D eigenvalue weighted by Gasteiger charge is 1.81. The maximum atomic E-state index is 9.50. The second-order valence-corrected chi connectivity index (χ2v) is 0.643. The number of hydrogen-bond acceptors (Lipinski definition) is 4. The molecule has 0 unspecified atom stereocenters. The van der Waals surface area contributed by atoms with Crippen molar-refractivity contribution < 1.29 is 20.0 Å². The topological polar surface area (TPSA) is 58.6 Å². The van der Waals surface area contributed by atoms with E-state index >= 15 is 0 Å². The third kappa shape index (κ3) is 3.39. The third-order valence-electron chi connectivity index (χ3n) is 0.151. The van der Waals surface area contributed by atoms with E-state index in [0.717, 1.165) is 6.92 Å². The highest BCUT2D eigenvalue weighted by molar-refractivity contribution is 5.65. The Hall–Kier alpha value is -0.610. The van der Waals surface area contributed by atoms with Crippen LogP contribution in [-0.2, 0) is 14.7 Å². The van der Waals surface area contributed by atoms with Crippen LogP contribution in [0.2, 0.25) is 0 Å². The van der Waals surface area contributed by atoms with Crippen LogP contribution >= 0.6 is 0 Å². The Labute approximate surface area is 34.1 Å². The van der Waals surface area contributed by atoms with E-state index in [1.54, 1.807) is 0 Å². The molecule has 0 aliphatic heterocycles. The third-order valence-corrected chi connectivity index (χ3v) is 0.151. The zero-order valence-electron chi connectivity index (χ0n) is 3.13. The fourth-order valence-corrected chi connectivity index (χ4v) is 0.0479. The first-order chi connectivity index (χ1) is 2.77. The van der Waals surface area contributed by atoms with E-state index in [2.05, 4.69) is 9.93 Å². The molecule has 0 aromatic carbocycles. The highest BCUT2D eigenvalue weighted by Crippen LogP contribution is 1.66. The number of rotatable bonds is 1. The summed E-state index contributed by atoms with van der Waals surface area (Å²) in [5.74, 6) is -0.745. The first-order valence-electron chi connectivity index (χ1n) is 1.24. The molecule has 0 fully saturated rings. The molecule has 36 valence electrons. The van der Waals surface area contributed by atoms with Crippen LogP contribution in [0.3, 0.4) is 0 Å². The van der Waals surface area contributed by atoms with Crippen molar-refractivity contribution in [1.82, 2.24) is 0 Å². The van der Waals surface area contributed by atoms with Crippen molar-refractivity contribution in [2.75, 3.05) is 0 Å². The summed E-state index contributed by atoms with van der Waals surface area (Å²) >= 11 is 0. The van der Waals surface area contributed by atoms with Gasteiger partial charge < -0.3 is 10.1 Å². The molecule has 0 bridgehead atoms. The van der Waals surface area contributed by atoms with Gasteiger partial charge in [0.15, 0.2) is 0 Å². The van der Waals surface area contributed by atoms with Crippen molar-refractivity contribution >= 4 is 5.97 Å². The summed E-state index contributed by atoms with van der Waals surface area (Å²) in [6.45, 7) is 1.07. The van der Waals surface area contributed by atoms with Crippen LogP contribution in [0.15, 0.2) is 0 Å². The zero-order chi connectivity index (χ0) is 4.99. The van der Waals surface area contributed by atoms with Crippen LogP contribution in [0.4, 0.5) is 0 Å². The molecule has 0 spiro atoms. The van der Waals surface area contributed by atoms with E-state index < -0.39 is 5.97 Å². The second kappa shape index (κ2) is 2.62. The SMILES string of the molecule is CC(=O)OO[O-]. The Bertz CT molecular complexity index is 49.5. The van der Waals surface area contributed by atoms with Gasteiger partial charge in [0.25, 0.3) is 0 Å². The van der Waals surface area contributed by atoms with Crippen LogP contribution < -0.4 is 5.26 Å². The molecule has 6 heavy (non-hydrogen) atoms. The Morgan fingerprint density at radius 3 is 2.33 bits per heavy atom. The standard InChI is InChI=1S/C2H4O4/c1-2(3)5-6-4/h4H,1H3/p-1. The minimum absolute atomic E-state index is 0.745. The van der Waals surface area contributed by atoms with Crippen LogP contribution in [-0.4, -0.2) is 5.97 Å². The molecule has 0 aliphatic rings. The summed E-state index contributed by atoms with van der Waals surface area (Å²) < 4.78 is 0. The number of carbonyl (C=O) groups excluding carboxylic acids is 1. The number of hydrogen-bond donors (Lipinski definition) is 0. The molecule has 0 aromatic rings. The molecule has 0 saturated heterocycles. The van der Waals surface area contributed by atoms with Crippen LogP contribution in [0.25, 0.3) is 0 Å². The molecule has 0 aliphatic carbocycles. The molecule has 0 saturated carbocycles. The first kappa shape index (κ1) is 5.39. The average Bonchev–Trinajstić information content (AvgIpc) is 1.35. The molecule has 0 N–H and O–H groups in total. The Balaban J connectivity index is 2.83. The van der Waals surface area contributed by atoms with E-state index in [9.17, 15) is 4.79 Å². The average molecular weight is 91.0 g/mol. The summed E-state index contributed by atoms with van der Waals surface area (Å²) in [5.41, 5.74) is 0. The predicted octanol–water partition coefficient (Wildman–Crippen LogP) is -1.24. The van der Waals surface area contributed by atoms with Crippen molar-refractivity contribution in [2.45, 2.75) is 6.92 Å². The van der Waals surface area contributed by atoms with Crippen molar-refractivity contribution in [2.24, 2.45) is 0 Å². The summed E-state index contributed by atoms with van der Waals surface area (Å²) in [6, 6.07) is 0. The van der Waals surface area contributed by atoms with Gasteiger partial charge >= 0.3 is 5.97 Å². The van der Waals surface area contributed by atoms with Gasteiger partial charge in [-0.1, -0.05) is 0 Å². The summed E-state index contributed by atoms with van der Waals surface area (Å²) in [7, 11) is 0. The van der Waals surface area contributed by atoms with Gasteiger partial charge in [0.1, 0.15) is 0 Å². The quantitative estimate of drug-likeness (QED) is 0.299. The summed E-state index contributed by atoms with van der Waals surface area (Å²) in [6.07, 6.45) is 0. The molecule has 0 radical (unpaired) electrons. The lowest BCUT2D eigenvalue weighted by atomic mass is 10.9. The van der Waals surface area contributed by atoms with Crippen LogP contribution in [0, 0.1) is 0 Å². The van der Waals surface area contributed by atoms with Crippen molar-refractivity contribution in [1.29, 1.82) is 0 Å². The lowest BCUT2D eigenvalue weighted by Gasteiger charge is -1.98. The van der Waals surface area contributed by atoms with Gasteiger partial charge in [0.05, 0.1) is 0 Å². The van der Waals surface area contributed by atoms with Crippen molar-refractivity contribution in [3.05, 3.63) is 0 Å². The molecule has 0 rings (SSSR count). The van der Waals surface area contributed by atoms with Crippen molar-refractivity contribution in [3.63, 3.8) is 0 Å². The largest absolute Gasteiger partial charge is 0.681 e. The molecular formula is C2H3O4-. The number of carbonyl (C=O) groups is 1. The van der Waals surface area contributed by atoms with Gasteiger partial charge in [-0.15, -0.1) is 0 Å². The molecule has 0 heterocycles. The zero-order valence-corrected chi connectivity index (χ0v) is 3.13. The smallest absolute Gasteiger partial charge is 0.338 e. The van der Waals surface area contributed by atoms with E-state index in [1.807, 2.05) is 0 Å².